The predicted molar refractivity (Wildman–Crippen MR) is 143 cm³/mol. The average Bonchev–Trinajstić information content (AvgIpc) is 2.95. The quantitative estimate of drug-likeness (QED) is 0.193. The molecule has 0 N–H and O–H groups in total. The molecule has 0 atom stereocenters. The molecule has 0 unspecified atom stereocenters. The third kappa shape index (κ3) is 3.38. The van der Waals surface area contributed by atoms with Gasteiger partial charge in [-0.15, -0.1) is 0 Å². The molecule has 6 rings (SSSR count). The Hall–Kier alpha value is -4.70. The fourth-order valence-corrected chi connectivity index (χ4v) is 4.99. The van der Waals surface area contributed by atoms with Gasteiger partial charge in [-0.3, -0.25) is 9.59 Å². The van der Waals surface area contributed by atoms with Gasteiger partial charge in [-0.05, 0) is 93.0 Å². The van der Waals surface area contributed by atoms with Crippen LogP contribution in [-0.4, -0.2) is 25.8 Å². The lowest BCUT2D eigenvalue weighted by molar-refractivity contribution is 0.103. The second-order valence-corrected chi connectivity index (χ2v) is 8.76. The second kappa shape index (κ2) is 8.51. The highest BCUT2D eigenvalue weighted by Crippen LogP contribution is 2.38. The van der Waals surface area contributed by atoms with Crippen molar-refractivity contribution < 1.29 is 19.1 Å². The van der Waals surface area contributed by atoms with E-state index in [-0.39, 0.29) is 11.6 Å². The van der Waals surface area contributed by atoms with Crippen molar-refractivity contribution in [1.82, 2.24) is 0 Å². The van der Waals surface area contributed by atoms with E-state index in [1.807, 2.05) is 48.5 Å². The van der Waals surface area contributed by atoms with Crippen molar-refractivity contribution in [1.29, 1.82) is 0 Å². The number of carbonyl (C=O) groups excluding carboxylic acids is 2. The molecule has 0 saturated carbocycles. The normalized spacial score (nSPS) is 11.3. The number of benzene rings is 6. The second-order valence-electron chi connectivity index (χ2n) is 8.76. The highest BCUT2D eigenvalue weighted by molar-refractivity contribution is 6.31. The first kappa shape index (κ1) is 21.8. The Morgan fingerprint density at radius 3 is 1.19 bits per heavy atom. The fraction of sp³-hybridized carbons (Fsp3) is 0.0625. The first-order valence-electron chi connectivity index (χ1n) is 11.7. The number of hydrogen-bond acceptors (Lipinski definition) is 4. The minimum absolute atomic E-state index is 0.0508. The van der Waals surface area contributed by atoms with E-state index in [9.17, 15) is 9.59 Å². The van der Waals surface area contributed by atoms with Crippen molar-refractivity contribution >= 4 is 43.9 Å². The van der Waals surface area contributed by atoms with Crippen LogP contribution in [-0.2, 0) is 0 Å². The van der Waals surface area contributed by atoms with Crippen LogP contribution in [0.1, 0.15) is 31.8 Å². The number of methoxy groups -OCH3 is 2. The highest BCUT2D eigenvalue weighted by atomic mass is 16.5. The summed E-state index contributed by atoms with van der Waals surface area (Å²) in [5, 5.41) is 5.80. The Balaban J connectivity index is 1.54. The van der Waals surface area contributed by atoms with Gasteiger partial charge in [0.1, 0.15) is 11.5 Å². The van der Waals surface area contributed by atoms with Crippen LogP contribution in [0.2, 0.25) is 0 Å². The Bertz CT molecular complexity index is 1630. The summed E-state index contributed by atoms with van der Waals surface area (Å²) in [5.74, 6) is 1.31. The summed E-state index contributed by atoms with van der Waals surface area (Å²) in [6, 6.07) is 30.1. The summed E-state index contributed by atoms with van der Waals surface area (Å²) >= 11 is 0. The molecule has 0 amide bonds. The molecule has 0 spiro atoms. The van der Waals surface area contributed by atoms with Gasteiger partial charge in [0.15, 0.2) is 11.6 Å². The minimum Gasteiger partial charge on any atom is -0.497 e. The first-order chi connectivity index (χ1) is 17.6. The van der Waals surface area contributed by atoms with Gasteiger partial charge in [0, 0.05) is 22.3 Å². The van der Waals surface area contributed by atoms with Crippen LogP contribution in [0.15, 0.2) is 97.1 Å². The summed E-state index contributed by atoms with van der Waals surface area (Å²) in [7, 11) is 3.21. The molecule has 174 valence electrons. The minimum atomic E-state index is -0.0508. The summed E-state index contributed by atoms with van der Waals surface area (Å²) in [4.78, 5) is 27.0. The molecule has 6 aromatic carbocycles. The van der Waals surface area contributed by atoms with E-state index < -0.39 is 0 Å². The molecule has 0 aliphatic carbocycles. The van der Waals surface area contributed by atoms with E-state index in [0.717, 1.165) is 32.3 Å². The maximum Gasteiger partial charge on any atom is 0.193 e. The summed E-state index contributed by atoms with van der Waals surface area (Å²) < 4.78 is 10.5. The molecule has 0 aliphatic rings. The number of hydrogen-bond donors (Lipinski definition) is 0. The zero-order valence-corrected chi connectivity index (χ0v) is 19.9. The fourth-order valence-electron chi connectivity index (χ4n) is 4.99. The van der Waals surface area contributed by atoms with Crippen LogP contribution in [0, 0.1) is 0 Å². The van der Waals surface area contributed by atoms with E-state index in [4.69, 9.17) is 9.47 Å². The van der Waals surface area contributed by atoms with Gasteiger partial charge in [-0.25, -0.2) is 0 Å². The van der Waals surface area contributed by atoms with Crippen LogP contribution in [0.4, 0.5) is 0 Å². The van der Waals surface area contributed by atoms with Gasteiger partial charge in [0.05, 0.1) is 14.2 Å². The maximum absolute atomic E-state index is 13.5. The third-order valence-electron chi connectivity index (χ3n) is 6.86. The maximum atomic E-state index is 13.5. The van der Waals surface area contributed by atoms with Crippen molar-refractivity contribution in [3.63, 3.8) is 0 Å². The van der Waals surface area contributed by atoms with E-state index in [1.165, 1.54) is 0 Å². The van der Waals surface area contributed by atoms with Gasteiger partial charge in [-0.1, -0.05) is 36.4 Å². The molecule has 0 heterocycles. The predicted octanol–water partition coefficient (Wildman–Crippen LogP) is 7.06. The standard InChI is InChI=1S/C32H22O4/c1-35-23-11-3-21(4-12-23)31(33)27-17-9-19-8-16-26-28(32(34)22-5-13-24(36-2)14-6-22)18-10-20-7-15-25(27)29(19)30(20)26/h3-18H,1-2H3. The molecule has 0 radical (unpaired) electrons. The van der Waals surface area contributed by atoms with Gasteiger partial charge in [0.2, 0.25) is 0 Å². The van der Waals surface area contributed by atoms with Gasteiger partial charge in [0.25, 0.3) is 0 Å². The number of ketones is 2. The highest BCUT2D eigenvalue weighted by Gasteiger charge is 2.20. The summed E-state index contributed by atoms with van der Waals surface area (Å²) in [5.41, 5.74) is 2.46. The molecule has 36 heavy (non-hydrogen) atoms. The van der Waals surface area contributed by atoms with Crippen molar-refractivity contribution in [3.8, 4) is 11.5 Å². The molecular weight excluding hydrogens is 448 g/mol. The van der Waals surface area contributed by atoms with Crippen molar-refractivity contribution in [3.05, 3.63) is 119 Å². The largest absolute Gasteiger partial charge is 0.497 e. The van der Waals surface area contributed by atoms with Crippen LogP contribution in [0.5, 0.6) is 11.5 Å². The molecule has 0 fully saturated rings. The van der Waals surface area contributed by atoms with Gasteiger partial charge in [-0.2, -0.15) is 0 Å². The molecule has 4 nitrogen and oxygen atoms in total. The lowest BCUT2D eigenvalue weighted by Crippen LogP contribution is -2.04. The number of ether oxygens (including phenoxy) is 2. The molecule has 0 aliphatic heterocycles. The van der Waals surface area contributed by atoms with E-state index in [0.29, 0.717) is 33.8 Å². The molecule has 0 bridgehead atoms. The Labute approximate surface area is 208 Å². The van der Waals surface area contributed by atoms with Crippen LogP contribution in [0.3, 0.4) is 0 Å². The van der Waals surface area contributed by atoms with Crippen molar-refractivity contribution in [2.45, 2.75) is 0 Å². The molecule has 0 aromatic heterocycles. The monoisotopic (exact) mass is 470 g/mol. The van der Waals surface area contributed by atoms with Crippen molar-refractivity contribution in [2.24, 2.45) is 0 Å². The molecule has 0 saturated heterocycles. The summed E-state index contributed by atoms with van der Waals surface area (Å²) in [6.07, 6.45) is 0. The summed E-state index contributed by atoms with van der Waals surface area (Å²) in [6.45, 7) is 0. The van der Waals surface area contributed by atoms with E-state index in [2.05, 4.69) is 0 Å². The van der Waals surface area contributed by atoms with Crippen LogP contribution in [0.25, 0.3) is 32.3 Å². The van der Waals surface area contributed by atoms with Crippen LogP contribution < -0.4 is 9.47 Å². The lowest BCUT2D eigenvalue weighted by atomic mass is 9.87. The van der Waals surface area contributed by atoms with Crippen LogP contribution >= 0.6 is 0 Å². The SMILES string of the molecule is COc1ccc(C(=O)c2ccc3ccc4c(C(=O)c5ccc(OC)cc5)ccc5ccc2c3c54)cc1. The van der Waals surface area contributed by atoms with Gasteiger partial charge >= 0.3 is 0 Å². The Kier molecular flexibility index (Phi) is 5.15. The molecular formula is C32H22O4. The van der Waals surface area contributed by atoms with Crippen molar-refractivity contribution in [2.75, 3.05) is 14.2 Å². The topological polar surface area (TPSA) is 52.6 Å². The number of rotatable bonds is 6. The zero-order chi connectivity index (χ0) is 24.8. The molecule has 4 heteroatoms. The Morgan fingerprint density at radius 2 is 0.833 bits per heavy atom. The first-order valence-corrected chi connectivity index (χ1v) is 11.7. The average molecular weight is 471 g/mol. The lowest BCUT2D eigenvalue weighted by Gasteiger charge is -2.15. The zero-order valence-electron chi connectivity index (χ0n) is 19.9. The van der Waals surface area contributed by atoms with E-state index >= 15 is 0 Å². The third-order valence-corrected chi connectivity index (χ3v) is 6.86. The van der Waals surface area contributed by atoms with E-state index in [1.54, 1.807) is 62.8 Å². The van der Waals surface area contributed by atoms with Gasteiger partial charge < -0.3 is 9.47 Å². The molecule has 6 aromatic rings. The number of carbonyl (C=O) groups is 2. The smallest absolute Gasteiger partial charge is 0.193 e. The Morgan fingerprint density at radius 1 is 0.472 bits per heavy atom.